The molecule has 0 atom stereocenters. The van der Waals surface area contributed by atoms with Gasteiger partial charge in [0, 0.05) is 17.0 Å². The normalized spacial score (nSPS) is 12.0. The molecule has 0 saturated carbocycles. The fraction of sp³-hybridized carbons (Fsp3) is 0.0833. The van der Waals surface area contributed by atoms with E-state index < -0.39 is 0 Å². The Balaban J connectivity index is 1.74. The molecule has 0 radical (unpaired) electrons. The monoisotopic (exact) mass is 414 g/mol. The van der Waals surface area contributed by atoms with E-state index in [1.165, 1.54) is 11.3 Å². The number of phenolic OH excluding ortho intramolecular Hbond substituents is 1. The van der Waals surface area contributed by atoms with Crippen LogP contribution in [0.1, 0.15) is 5.56 Å². The van der Waals surface area contributed by atoms with Gasteiger partial charge in [-0.05, 0) is 61.0 Å². The summed E-state index contributed by atoms with van der Waals surface area (Å²) < 4.78 is 12.4. The minimum absolute atomic E-state index is 0.159. The predicted octanol–water partition coefficient (Wildman–Crippen LogP) is 5.96. The van der Waals surface area contributed by atoms with Gasteiger partial charge >= 0.3 is 0 Å². The Bertz CT molecular complexity index is 1450. The van der Waals surface area contributed by atoms with Crippen LogP contribution in [0.2, 0.25) is 0 Å². The Morgan fingerprint density at radius 3 is 2.63 bits per heavy atom. The molecule has 0 aliphatic carbocycles. The average Bonchev–Trinajstić information content (AvgIpc) is 3.18. The quantitative estimate of drug-likeness (QED) is 0.395. The average molecular weight is 414 g/mol. The van der Waals surface area contributed by atoms with Gasteiger partial charge in [0.05, 0.1) is 22.7 Å². The van der Waals surface area contributed by atoms with Gasteiger partial charge in [-0.15, -0.1) is 0 Å². The van der Waals surface area contributed by atoms with Crippen LogP contribution >= 0.6 is 11.3 Å². The molecule has 0 unspecified atom stereocenters. The first-order valence-electron chi connectivity index (χ1n) is 9.43. The Morgan fingerprint density at radius 2 is 1.87 bits per heavy atom. The first kappa shape index (κ1) is 18.4. The van der Waals surface area contributed by atoms with Crippen LogP contribution in [0.5, 0.6) is 11.5 Å². The number of benzene rings is 3. The van der Waals surface area contributed by atoms with Crippen LogP contribution in [-0.2, 0) is 0 Å². The van der Waals surface area contributed by atoms with Gasteiger partial charge in [-0.2, -0.15) is 0 Å². The van der Waals surface area contributed by atoms with E-state index in [0.717, 1.165) is 32.5 Å². The van der Waals surface area contributed by atoms with Crippen molar-refractivity contribution in [1.82, 2.24) is 4.98 Å². The molecule has 3 aromatic carbocycles. The maximum Gasteiger partial charge on any atom is 0.210 e. The Morgan fingerprint density at radius 1 is 1.03 bits per heavy atom. The van der Waals surface area contributed by atoms with E-state index in [1.54, 1.807) is 25.3 Å². The molecule has 0 saturated heterocycles. The molecule has 2 aromatic heterocycles. The number of aryl methyl sites for hydroxylation is 1. The lowest BCUT2D eigenvalue weighted by Crippen LogP contribution is -2.03. The van der Waals surface area contributed by atoms with Crippen molar-refractivity contribution < 1.29 is 14.3 Å². The lowest BCUT2D eigenvalue weighted by molar-refractivity contribution is 0.415. The topological polar surface area (TPSA) is 67.9 Å². The van der Waals surface area contributed by atoms with Gasteiger partial charge in [0.2, 0.25) is 5.13 Å². The second-order valence-corrected chi connectivity index (χ2v) is 7.94. The number of hydrogen-bond donors (Lipinski definition) is 1. The zero-order chi connectivity index (χ0) is 20.7. The van der Waals surface area contributed by atoms with Gasteiger partial charge in [0.15, 0.2) is 0 Å². The zero-order valence-corrected chi connectivity index (χ0v) is 17.2. The number of aromatic nitrogens is 1. The molecular weight excluding hydrogens is 396 g/mol. The highest BCUT2D eigenvalue weighted by Crippen LogP contribution is 2.30. The maximum atomic E-state index is 10.0. The molecule has 30 heavy (non-hydrogen) atoms. The van der Waals surface area contributed by atoms with Crippen molar-refractivity contribution in [3.8, 4) is 22.8 Å². The highest BCUT2D eigenvalue weighted by Gasteiger charge is 2.09. The van der Waals surface area contributed by atoms with E-state index in [0.29, 0.717) is 21.8 Å². The van der Waals surface area contributed by atoms with Crippen molar-refractivity contribution in [3.63, 3.8) is 0 Å². The summed E-state index contributed by atoms with van der Waals surface area (Å²) in [4.78, 5) is 9.52. The van der Waals surface area contributed by atoms with Crippen molar-refractivity contribution in [2.75, 3.05) is 7.11 Å². The first-order chi connectivity index (χ1) is 14.6. The van der Waals surface area contributed by atoms with E-state index in [1.807, 2.05) is 55.5 Å². The van der Waals surface area contributed by atoms with Crippen LogP contribution in [-0.4, -0.2) is 17.2 Å². The SMILES string of the molecule is COc1ccc(-c2c/c(=N\c3nc4c(C)cccc4s3)c3cc(O)ccc3o2)cc1. The summed E-state index contributed by atoms with van der Waals surface area (Å²) in [5, 5.41) is 12.1. The smallest absolute Gasteiger partial charge is 0.210 e. The van der Waals surface area contributed by atoms with E-state index in [4.69, 9.17) is 19.1 Å². The molecule has 0 aliphatic heterocycles. The summed E-state index contributed by atoms with van der Waals surface area (Å²) in [6, 6.07) is 20.7. The Kier molecular flexibility index (Phi) is 4.48. The predicted molar refractivity (Wildman–Crippen MR) is 119 cm³/mol. The third-order valence-electron chi connectivity index (χ3n) is 4.93. The molecule has 5 aromatic rings. The number of methoxy groups -OCH3 is 1. The van der Waals surface area contributed by atoms with E-state index in [9.17, 15) is 5.11 Å². The van der Waals surface area contributed by atoms with Crippen LogP contribution in [0.25, 0.3) is 32.5 Å². The van der Waals surface area contributed by atoms with Crippen LogP contribution in [0.15, 0.2) is 76.1 Å². The van der Waals surface area contributed by atoms with Crippen molar-refractivity contribution in [2.45, 2.75) is 6.92 Å². The number of rotatable bonds is 3. The summed E-state index contributed by atoms with van der Waals surface area (Å²) in [7, 11) is 1.64. The van der Waals surface area contributed by atoms with Gasteiger partial charge in [-0.25, -0.2) is 9.98 Å². The summed E-state index contributed by atoms with van der Waals surface area (Å²) in [5.74, 6) is 1.61. The van der Waals surface area contributed by atoms with Crippen molar-refractivity contribution in [3.05, 3.63) is 77.7 Å². The number of ether oxygens (including phenoxy) is 1. The second kappa shape index (κ2) is 7.31. The van der Waals surface area contributed by atoms with Gasteiger partial charge < -0.3 is 14.3 Å². The third kappa shape index (κ3) is 3.31. The molecule has 0 bridgehead atoms. The summed E-state index contributed by atoms with van der Waals surface area (Å²) in [5.41, 5.74) is 3.62. The van der Waals surface area contributed by atoms with Crippen molar-refractivity contribution in [2.24, 2.45) is 4.99 Å². The molecular formula is C24H18N2O3S. The summed E-state index contributed by atoms with van der Waals surface area (Å²) >= 11 is 1.54. The highest BCUT2D eigenvalue weighted by molar-refractivity contribution is 7.21. The van der Waals surface area contributed by atoms with Crippen LogP contribution in [0.4, 0.5) is 5.13 Å². The van der Waals surface area contributed by atoms with E-state index in [-0.39, 0.29) is 5.75 Å². The van der Waals surface area contributed by atoms with E-state index >= 15 is 0 Å². The first-order valence-corrected chi connectivity index (χ1v) is 10.2. The lowest BCUT2D eigenvalue weighted by atomic mass is 10.1. The molecule has 1 N–H and O–H groups in total. The summed E-state index contributed by atoms with van der Waals surface area (Å²) in [6.45, 7) is 2.04. The number of aromatic hydroxyl groups is 1. The molecule has 2 heterocycles. The van der Waals surface area contributed by atoms with Crippen molar-refractivity contribution in [1.29, 1.82) is 0 Å². The van der Waals surface area contributed by atoms with Gasteiger partial charge in [-0.1, -0.05) is 23.5 Å². The number of phenols is 1. The Hall–Kier alpha value is -3.64. The number of fused-ring (bicyclic) bond motifs is 2. The third-order valence-corrected chi connectivity index (χ3v) is 5.84. The molecule has 5 nitrogen and oxygen atoms in total. The minimum atomic E-state index is 0.159. The largest absolute Gasteiger partial charge is 0.508 e. The Labute approximate surface area is 176 Å². The molecule has 5 rings (SSSR count). The molecule has 148 valence electrons. The van der Waals surface area contributed by atoms with Gasteiger partial charge in [-0.3, -0.25) is 0 Å². The fourth-order valence-electron chi connectivity index (χ4n) is 3.37. The van der Waals surface area contributed by atoms with Gasteiger partial charge in [0.1, 0.15) is 22.8 Å². The van der Waals surface area contributed by atoms with Gasteiger partial charge in [0.25, 0.3) is 0 Å². The lowest BCUT2D eigenvalue weighted by Gasteiger charge is -2.06. The number of thiazole rings is 1. The summed E-state index contributed by atoms with van der Waals surface area (Å²) in [6.07, 6.45) is 0. The molecule has 0 fully saturated rings. The number of nitrogens with zero attached hydrogens (tertiary/aromatic N) is 2. The van der Waals surface area contributed by atoms with Crippen molar-refractivity contribution >= 4 is 37.7 Å². The van der Waals surface area contributed by atoms with E-state index in [2.05, 4.69) is 0 Å². The second-order valence-electron chi connectivity index (χ2n) is 6.93. The van der Waals surface area contributed by atoms with Crippen LogP contribution in [0, 0.1) is 6.92 Å². The molecule has 0 spiro atoms. The number of para-hydroxylation sites is 1. The number of hydrogen-bond acceptors (Lipinski definition) is 6. The fourth-order valence-corrected chi connectivity index (χ4v) is 4.30. The molecule has 0 aliphatic rings. The van der Waals surface area contributed by atoms with Crippen LogP contribution < -0.4 is 10.1 Å². The van der Waals surface area contributed by atoms with Crippen LogP contribution in [0.3, 0.4) is 0 Å². The molecule has 6 heteroatoms. The minimum Gasteiger partial charge on any atom is -0.508 e. The molecule has 0 amide bonds. The standard InChI is InChI=1S/C24H18N2O3S/c1-14-4-3-5-22-23(14)26-24(30-22)25-19-13-21(15-6-9-17(28-2)10-7-15)29-20-11-8-16(27)12-18(19)20/h3-13,27H,1-2H3/b25-19+. The maximum absolute atomic E-state index is 10.0. The highest BCUT2D eigenvalue weighted by atomic mass is 32.1. The zero-order valence-electron chi connectivity index (χ0n) is 16.4.